The summed E-state index contributed by atoms with van der Waals surface area (Å²) in [5, 5.41) is 2.65. The van der Waals surface area contributed by atoms with E-state index in [9.17, 15) is 13.2 Å². The minimum absolute atomic E-state index is 0.179. The second-order valence-electron chi connectivity index (χ2n) is 4.92. The molecule has 0 unspecified atom stereocenters. The van der Waals surface area contributed by atoms with Gasteiger partial charge >= 0.3 is 0 Å². The van der Waals surface area contributed by atoms with Gasteiger partial charge < -0.3 is 9.73 Å². The molecule has 0 saturated carbocycles. The summed E-state index contributed by atoms with van der Waals surface area (Å²) < 4.78 is 32.1. The van der Waals surface area contributed by atoms with E-state index in [4.69, 9.17) is 4.42 Å². The van der Waals surface area contributed by atoms with E-state index in [1.165, 1.54) is 20.4 Å². The number of carbonyl (C=O) groups excluding carboxylic acids is 1. The Kier molecular flexibility index (Phi) is 5.73. The summed E-state index contributed by atoms with van der Waals surface area (Å²) in [6, 6.07) is 2.61. The predicted octanol–water partition coefficient (Wildman–Crippen LogP) is 0.316. The number of carbonyl (C=O) groups is 1. The van der Waals surface area contributed by atoms with Gasteiger partial charge in [0.1, 0.15) is 11.8 Å². The molecule has 8 heteroatoms. The fourth-order valence-corrected chi connectivity index (χ4v) is 2.37. The molecule has 1 aromatic rings. The molecule has 0 spiro atoms. The molecule has 1 amide bonds. The van der Waals surface area contributed by atoms with Gasteiger partial charge in [0.05, 0.1) is 12.8 Å². The largest absolute Gasteiger partial charge is 0.467 e. The van der Waals surface area contributed by atoms with Crippen molar-refractivity contribution >= 4 is 16.1 Å². The molecule has 1 rings (SSSR count). The quantitative estimate of drug-likeness (QED) is 0.758. The smallest absolute Gasteiger partial charge is 0.279 e. The highest BCUT2D eigenvalue weighted by atomic mass is 32.2. The number of hydrogen-bond donors (Lipinski definition) is 2. The van der Waals surface area contributed by atoms with Gasteiger partial charge in [0, 0.05) is 14.1 Å². The highest BCUT2D eigenvalue weighted by Gasteiger charge is 2.28. The first-order valence-electron chi connectivity index (χ1n) is 6.24. The molecular weight excluding hydrogens is 282 g/mol. The van der Waals surface area contributed by atoms with E-state index in [1.807, 2.05) is 0 Å². The molecular formula is C12H21N3O4S. The van der Waals surface area contributed by atoms with Crippen molar-refractivity contribution in [2.45, 2.75) is 26.4 Å². The van der Waals surface area contributed by atoms with Crippen LogP contribution in [-0.4, -0.2) is 38.8 Å². The molecule has 0 aliphatic rings. The number of rotatable bonds is 7. The second-order valence-corrected chi connectivity index (χ2v) is 6.84. The maximum absolute atomic E-state index is 12.1. The Balaban J connectivity index is 2.68. The highest BCUT2D eigenvalue weighted by Crippen LogP contribution is 2.06. The highest BCUT2D eigenvalue weighted by molar-refractivity contribution is 7.87. The molecule has 2 N–H and O–H groups in total. The topological polar surface area (TPSA) is 91.7 Å². The monoisotopic (exact) mass is 303 g/mol. The Morgan fingerprint density at radius 1 is 1.40 bits per heavy atom. The van der Waals surface area contributed by atoms with Crippen LogP contribution in [-0.2, 0) is 21.5 Å². The zero-order chi connectivity index (χ0) is 15.3. The van der Waals surface area contributed by atoms with Crippen LogP contribution >= 0.6 is 0 Å². The Hall–Kier alpha value is -1.38. The molecule has 0 radical (unpaired) electrons. The number of amides is 1. The molecule has 1 atom stereocenters. The van der Waals surface area contributed by atoms with E-state index < -0.39 is 16.3 Å². The van der Waals surface area contributed by atoms with Gasteiger partial charge in [-0.05, 0) is 18.1 Å². The number of nitrogens with zero attached hydrogens (tertiary/aromatic N) is 1. The first kappa shape index (κ1) is 16.7. The van der Waals surface area contributed by atoms with Crippen LogP contribution in [0.2, 0.25) is 0 Å². The van der Waals surface area contributed by atoms with Crippen molar-refractivity contribution in [3.05, 3.63) is 24.2 Å². The zero-order valence-corrected chi connectivity index (χ0v) is 12.9. The van der Waals surface area contributed by atoms with Gasteiger partial charge in [0.25, 0.3) is 10.2 Å². The Bertz CT molecular complexity index is 523. The lowest BCUT2D eigenvalue weighted by molar-refractivity contribution is -0.123. The fourth-order valence-electron chi connectivity index (χ4n) is 1.46. The molecule has 1 aromatic heterocycles. The van der Waals surface area contributed by atoms with E-state index in [0.717, 1.165) is 4.31 Å². The van der Waals surface area contributed by atoms with Crippen LogP contribution in [0.5, 0.6) is 0 Å². The first-order valence-corrected chi connectivity index (χ1v) is 7.68. The maximum atomic E-state index is 12.1. The molecule has 7 nitrogen and oxygen atoms in total. The lowest BCUT2D eigenvalue weighted by atomic mass is 10.1. The van der Waals surface area contributed by atoms with Crippen LogP contribution in [0.1, 0.15) is 19.6 Å². The molecule has 0 fully saturated rings. The zero-order valence-electron chi connectivity index (χ0n) is 12.1. The van der Waals surface area contributed by atoms with Crippen molar-refractivity contribution in [2.75, 3.05) is 14.1 Å². The number of nitrogens with one attached hydrogen (secondary N) is 2. The fraction of sp³-hybridized carbons (Fsp3) is 0.583. The molecule has 1 heterocycles. The van der Waals surface area contributed by atoms with Gasteiger partial charge in [-0.3, -0.25) is 4.79 Å². The summed E-state index contributed by atoms with van der Waals surface area (Å²) in [5.74, 6) is 0.0412. The summed E-state index contributed by atoms with van der Waals surface area (Å²) in [4.78, 5) is 12.1. The Morgan fingerprint density at radius 3 is 2.50 bits per heavy atom. The average Bonchev–Trinajstić information content (AvgIpc) is 2.85. The van der Waals surface area contributed by atoms with Gasteiger partial charge in [-0.2, -0.15) is 17.4 Å². The van der Waals surface area contributed by atoms with Gasteiger partial charge in [-0.15, -0.1) is 0 Å². The SMILES string of the molecule is CC(C)[C@@H](NS(=O)(=O)N(C)C)C(=O)NCc1ccco1. The van der Waals surface area contributed by atoms with Crippen molar-refractivity contribution in [3.63, 3.8) is 0 Å². The van der Waals surface area contributed by atoms with Crippen LogP contribution in [0, 0.1) is 5.92 Å². The van der Waals surface area contributed by atoms with Crippen molar-refractivity contribution in [3.8, 4) is 0 Å². The van der Waals surface area contributed by atoms with E-state index >= 15 is 0 Å². The third-order valence-electron chi connectivity index (χ3n) is 2.72. The van der Waals surface area contributed by atoms with Crippen LogP contribution in [0.25, 0.3) is 0 Å². The summed E-state index contributed by atoms with van der Waals surface area (Å²) in [6.45, 7) is 3.77. The lowest BCUT2D eigenvalue weighted by Crippen LogP contribution is -2.52. The molecule has 0 aliphatic carbocycles. The van der Waals surface area contributed by atoms with Crippen LogP contribution in [0.15, 0.2) is 22.8 Å². The minimum atomic E-state index is -3.66. The second kappa shape index (κ2) is 6.87. The van der Waals surface area contributed by atoms with Gasteiger partial charge in [-0.1, -0.05) is 13.8 Å². The predicted molar refractivity (Wildman–Crippen MR) is 74.9 cm³/mol. The van der Waals surface area contributed by atoms with E-state index in [2.05, 4.69) is 10.0 Å². The summed E-state index contributed by atoms with van der Waals surface area (Å²) in [6.07, 6.45) is 1.51. The molecule has 0 aliphatic heterocycles. The normalized spacial score (nSPS) is 13.7. The molecule has 0 saturated heterocycles. The van der Waals surface area contributed by atoms with Gasteiger partial charge in [0.2, 0.25) is 5.91 Å². The standard InChI is InChI=1S/C12H21N3O4S/c1-9(2)11(14-20(17,18)15(3)4)12(16)13-8-10-6-5-7-19-10/h5-7,9,11,14H,8H2,1-4H3,(H,13,16)/t11-/m1/s1. The summed E-state index contributed by atoms with van der Waals surface area (Å²) in [7, 11) is -0.854. The maximum Gasteiger partial charge on any atom is 0.279 e. The van der Waals surface area contributed by atoms with Crippen LogP contribution in [0.4, 0.5) is 0 Å². The third-order valence-corrected chi connectivity index (χ3v) is 4.24. The number of furan rings is 1. The van der Waals surface area contributed by atoms with E-state index in [1.54, 1.807) is 26.0 Å². The minimum Gasteiger partial charge on any atom is -0.467 e. The van der Waals surface area contributed by atoms with Crippen molar-refractivity contribution in [2.24, 2.45) is 5.92 Å². The summed E-state index contributed by atoms with van der Waals surface area (Å²) >= 11 is 0. The van der Waals surface area contributed by atoms with Crippen molar-refractivity contribution in [1.82, 2.24) is 14.3 Å². The molecule has 114 valence electrons. The van der Waals surface area contributed by atoms with E-state index in [-0.39, 0.29) is 18.4 Å². The molecule has 0 bridgehead atoms. The van der Waals surface area contributed by atoms with E-state index in [0.29, 0.717) is 5.76 Å². The van der Waals surface area contributed by atoms with Crippen LogP contribution in [0.3, 0.4) is 0 Å². The van der Waals surface area contributed by atoms with Crippen LogP contribution < -0.4 is 10.0 Å². The molecule has 20 heavy (non-hydrogen) atoms. The lowest BCUT2D eigenvalue weighted by Gasteiger charge is -2.23. The number of hydrogen-bond acceptors (Lipinski definition) is 4. The van der Waals surface area contributed by atoms with Gasteiger partial charge in [-0.25, -0.2) is 0 Å². The summed E-state index contributed by atoms with van der Waals surface area (Å²) in [5.41, 5.74) is 0. The van der Waals surface area contributed by atoms with Crippen molar-refractivity contribution < 1.29 is 17.6 Å². The third kappa shape index (κ3) is 4.62. The van der Waals surface area contributed by atoms with Gasteiger partial charge in [0.15, 0.2) is 0 Å². The first-order chi connectivity index (χ1) is 9.24. The molecule has 0 aromatic carbocycles. The Labute approximate surface area is 119 Å². The Morgan fingerprint density at radius 2 is 2.05 bits per heavy atom. The average molecular weight is 303 g/mol. The van der Waals surface area contributed by atoms with Crippen molar-refractivity contribution in [1.29, 1.82) is 0 Å².